The Morgan fingerprint density at radius 3 is 2.11 bits per heavy atom. The molecule has 0 aliphatic carbocycles. The number of carbonyl (C=O) groups is 4. The van der Waals surface area contributed by atoms with E-state index in [4.69, 9.17) is 4.79 Å². The summed E-state index contributed by atoms with van der Waals surface area (Å²) >= 11 is 0. The van der Waals surface area contributed by atoms with Crippen LogP contribution < -0.4 is 5.32 Å². The van der Waals surface area contributed by atoms with Crippen molar-refractivity contribution in [3.05, 3.63) is 64.5 Å². The summed E-state index contributed by atoms with van der Waals surface area (Å²) in [6.07, 6.45) is 4.76. The summed E-state index contributed by atoms with van der Waals surface area (Å²) in [6, 6.07) is 9.53. The highest BCUT2D eigenvalue weighted by molar-refractivity contribution is 6.05. The average Bonchev–Trinajstić information content (AvgIpc) is 2.86. The summed E-state index contributed by atoms with van der Waals surface area (Å²) < 4.78 is 13.5. The molecule has 1 amide bonds. The Labute approximate surface area is 222 Å². The minimum atomic E-state index is -0.436. The van der Waals surface area contributed by atoms with Crippen molar-refractivity contribution in [1.82, 2.24) is 0 Å². The van der Waals surface area contributed by atoms with Gasteiger partial charge in [-0.25, -0.2) is 4.39 Å². The van der Waals surface area contributed by atoms with Gasteiger partial charge in [-0.1, -0.05) is 41.5 Å². The van der Waals surface area contributed by atoms with Crippen molar-refractivity contribution in [2.75, 3.05) is 5.32 Å². The second-order valence-corrected chi connectivity index (χ2v) is 9.43. The zero-order chi connectivity index (χ0) is 28.5. The Bertz CT molecular complexity index is 1010. The maximum Gasteiger partial charge on any atom is 0.255 e. The van der Waals surface area contributed by atoms with Crippen LogP contribution in [0.3, 0.4) is 0 Å². The monoisotopic (exact) mass is 513 g/mol. The van der Waals surface area contributed by atoms with E-state index in [-0.39, 0.29) is 23.2 Å². The van der Waals surface area contributed by atoms with E-state index in [1.807, 2.05) is 33.8 Å². The molecule has 0 heterocycles. The van der Waals surface area contributed by atoms with Crippen LogP contribution in [0.1, 0.15) is 106 Å². The number of nitrogens with one attached hydrogen (secondary N) is 1. The highest BCUT2D eigenvalue weighted by atomic mass is 19.1. The zero-order valence-corrected chi connectivity index (χ0v) is 23.7. The number of anilines is 1. The number of hydrogen-bond donors (Lipinski definition) is 1. The van der Waals surface area contributed by atoms with Gasteiger partial charge in [-0.05, 0) is 86.6 Å². The molecule has 0 radical (unpaired) electrons. The largest absolute Gasteiger partial charge is 0.322 e. The fourth-order valence-corrected chi connectivity index (χ4v) is 3.35. The van der Waals surface area contributed by atoms with E-state index in [0.29, 0.717) is 41.4 Å². The molecule has 0 saturated carbocycles. The van der Waals surface area contributed by atoms with Gasteiger partial charge in [-0.2, -0.15) is 0 Å². The summed E-state index contributed by atoms with van der Waals surface area (Å²) in [5.41, 5.74) is 3.17. The van der Waals surface area contributed by atoms with Gasteiger partial charge in [0.05, 0.1) is 0 Å². The third kappa shape index (κ3) is 13.1. The number of hydrogen-bond acceptors (Lipinski definition) is 4. The summed E-state index contributed by atoms with van der Waals surface area (Å²) in [4.78, 5) is 44.3. The van der Waals surface area contributed by atoms with Crippen molar-refractivity contribution in [3.63, 3.8) is 0 Å². The smallest absolute Gasteiger partial charge is 0.255 e. The molecule has 5 nitrogen and oxygen atoms in total. The number of aldehydes is 1. The molecule has 6 heteroatoms. The minimum absolute atomic E-state index is 0.0268. The van der Waals surface area contributed by atoms with Crippen LogP contribution in [0.15, 0.2) is 36.4 Å². The molecule has 0 saturated heterocycles. The standard InChI is InChI=1S/C21H24FNO2.C8H16O.C2H4O/c1-5-14(4)20(24)19-8-7-18(12-15(19)6-2)23-21(25)16-9-13(3)10-17(22)11-16;1-4-8(9)6-5-7(2)3;1-2-3/h7-12,14H,5-6H2,1-4H3,(H,23,25);7H,4-6H2,1-3H3;2H,1H3. The summed E-state index contributed by atoms with van der Waals surface area (Å²) in [7, 11) is 0. The quantitative estimate of drug-likeness (QED) is 0.260. The number of benzene rings is 2. The molecule has 204 valence electrons. The molecule has 1 unspecified atom stereocenters. The Hall–Kier alpha value is -3.15. The zero-order valence-electron chi connectivity index (χ0n) is 23.7. The average molecular weight is 514 g/mol. The lowest BCUT2D eigenvalue weighted by atomic mass is 9.92. The number of amides is 1. The molecule has 0 spiro atoms. The van der Waals surface area contributed by atoms with Gasteiger partial charge < -0.3 is 10.1 Å². The van der Waals surface area contributed by atoms with E-state index >= 15 is 0 Å². The Morgan fingerprint density at radius 2 is 1.62 bits per heavy atom. The van der Waals surface area contributed by atoms with E-state index < -0.39 is 5.82 Å². The fourth-order valence-electron chi connectivity index (χ4n) is 3.35. The molecule has 37 heavy (non-hydrogen) atoms. The maximum absolute atomic E-state index is 13.5. The summed E-state index contributed by atoms with van der Waals surface area (Å²) in [6.45, 7) is 15.3. The molecule has 1 N–H and O–H groups in total. The molecule has 2 aromatic rings. The van der Waals surface area contributed by atoms with E-state index in [1.54, 1.807) is 25.1 Å². The Balaban J connectivity index is 0.000000904. The van der Waals surface area contributed by atoms with Gasteiger partial charge in [-0.15, -0.1) is 0 Å². The van der Waals surface area contributed by atoms with Crippen molar-refractivity contribution < 1.29 is 23.6 Å². The van der Waals surface area contributed by atoms with Crippen molar-refractivity contribution >= 4 is 29.4 Å². The molecule has 0 aliphatic rings. The van der Waals surface area contributed by atoms with Crippen LogP contribution in [0.5, 0.6) is 0 Å². The fraction of sp³-hybridized carbons (Fsp3) is 0.484. The first-order valence-corrected chi connectivity index (χ1v) is 13.1. The highest BCUT2D eigenvalue weighted by Crippen LogP contribution is 2.22. The van der Waals surface area contributed by atoms with Gasteiger partial charge in [0.15, 0.2) is 5.78 Å². The number of carbonyl (C=O) groups excluding carboxylic acids is 4. The molecular formula is C31H44FNO4. The van der Waals surface area contributed by atoms with Gasteiger partial charge in [0, 0.05) is 35.6 Å². The first-order valence-electron chi connectivity index (χ1n) is 13.1. The van der Waals surface area contributed by atoms with Gasteiger partial charge >= 0.3 is 0 Å². The first-order chi connectivity index (χ1) is 17.4. The van der Waals surface area contributed by atoms with Gasteiger partial charge in [0.2, 0.25) is 0 Å². The van der Waals surface area contributed by atoms with Crippen LogP contribution in [0.4, 0.5) is 10.1 Å². The molecule has 0 bridgehead atoms. The number of Topliss-reactive ketones (excluding diaryl/α,β-unsaturated/α-hetero) is 2. The topological polar surface area (TPSA) is 80.3 Å². The van der Waals surface area contributed by atoms with Crippen LogP contribution in [0.2, 0.25) is 0 Å². The van der Waals surface area contributed by atoms with Crippen molar-refractivity contribution in [1.29, 1.82) is 0 Å². The number of halogens is 1. The minimum Gasteiger partial charge on any atom is -0.322 e. The van der Waals surface area contributed by atoms with Crippen molar-refractivity contribution in [3.8, 4) is 0 Å². The lowest BCUT2D eigenvalue weighted by Gasteiger charge is -2.14. The van der Waals surface area contributed by atoms with Crippen molar-refractivity contribution in [2.45, 2.75) is 87.5 Å². The van der Waals surface area contributed by atoms with Gasteiger partial charge in [-0.3, -0.25) is 14.4 Å². The van der Waals surface area contributed by atoms with Crippen LogP contribution in [0.25, 0.3) is 0 Å². The van der Waals surface area contributed by atoms with E-state index in [2.05, 4.69) is 19.2 Å². The summed E-state index contributed by atoms with van der Waals surface area (Å²) in [5.74, 6) is 0.350. The molecule has 2 rings (SSSR count). The van der Waals surface area contributed by atoms with Crippen LogP contribution >= 0.6 is 0 Å². The predicted octanol–water partition coefficient (Wildman–Crippen LogP) is 7.78. The number of aryl methyl sites for hydroxylation is 2. The van der Waals surface area contributed by atoms with Gasteiger partial charge in [0.1, 0.15) is 17.9 Å². The Morgan fingerprint density at radius 1 is 1.00 bits per heavy atom. The van der Waals surface area contributed by atoms with Gasteiger partial charge in [0.25, 0.3) is 5.91 Å². The summed E-state index contributed by atoms with van der Waals surface area (Å²) in [5, 5.41) is 2.78. The molecule has 0 aromatic heterocycles. The lowest BCUT2D eigenvalue weighted by molar-refractivity contribution is -0.119. The van der Waals surface area contributed by atoms with Crippen LogP contribution in [-0.2, 0) is 16.0 Å². The van der Waals surface area contributed by atoms with Crippen LogP contribution in [-0.4, -0.2) is 23.8 Å². The Kier molecular flexibility index (Phi) is 16.6. The second-order valence-electron chi connectivity index (χ2n) is 9.43. The van der Waals surface area contributed by atoms with Crippen molar-refractivity contribution in [2.24, 2.45) is 11.8 Å². The second kappa shape index (κ2) is 18.1. The highest BCUT2D eigenvalue weighted by Gasteiger charge is 2.17. The van der Waals surface area contributed by atoms with E-state index in [9.17, 15) is 18.8 Å². The third-order valence-corrected chi connectivity index (χ3v) is 5.77. The maximum atomic E-state index is 13.5. The lowest BCUT2D eigenvalue weighted by Crippen LogP contribution is -2.15. The molecule has 1 atom stereocenters. The molecular weight excluding hydrogens is 469 g/mol. The molecule has 2 aromatic carbocycles. The van der Waals surface area contributed by atoms with E-state index in [0.717, 1.165) is 31.1 Å². The first kappa shape index (κ1) is 33.8. The third-order valence-electron chi connectivity index (χ3n) is 5.77. The molecule has 0 aliphatic heterocycles. The molecule has 0 fully saturated rings. The SMILES string of the molecule is CC=O.CCC(=O)CCC(C)C.CCc1cc(NC(=O)c2cc(C)cc(F)c2)ccc1C(=O)C(C)CC. The predicted molar refractivity (Wildman–Crippen MR) is 150 cm³/mol. The van der Waals surface area contributed by atoms with E-state index in [1.165, 1.54) is 19.1 Å². The number of ketones is 2. The number of rotatable bonds is 10. The van der Waals surface area contributed by atoms with Crippen LogP contribution in [0, 0.1) is 24.6 Å². The normalized spacial score (nSPS) is 10.9.